The Kier molecular flexibility index (Phi) is 4.45. The van der Waals surface area contributed by atoms with Crippen LogP contribution in [0.1, 0.15) is 48.2 Å². The van der Waals surface area contributed by atoms with E-state index in [9.17, 15) is 4.79 Å². The van der Waals surface area contributed by atoms with Gasteiger partial charge in [-0.15, -0.1) is 0 Å². The van der Waals surface area contributed by atoms with Crippen molar-refractivity contribution < 1.29 is 4.79 Å². The van der Waals surface area contributed by atoms with Crippen LogP contribution in [0.25, 0.3) is 0 Å². The fourth-order valence-electron chi connectivity index (χ4n) is 2.10. The normalized spacial score (nSPS) is 12.2. The molecular formula is C14H19N5O. The van der Waals surface area contributed by atoms with Gasteiger partial charge < -0.3 is 5.32 Å². The van der Waals surface area contributed by atoms with Gasteiger partial charge in [-0.1, -0.05) is 6.92 Å². The molecule has 1 N–H and O–H groups in total. The Morgan fingerprint density at radius 2 is 2.20 bits per heavy atom. The van der Waals surface area contributed by atoms with Crippen molar-refractivity contribution in [3.8, 4) is 0 Å². The van der Waals surface area contributed by atoms with Crippen molar-refractivity contribution in [3.05, 3.63) is 41.7 Å². The number of aryl methyl sites for hydroxylation is 2. The number of nitrogens with zero attached hydrogens (tertiary/aromatic N) is 4. The summed E-state index contributed by atoms with van der Waals surface area (Å²) in [5.41, 5.74) is 1.31. The van der Waals surface area contributed by atoms with E-state index in [0.717, 1.165) is 24.5 Å². The Balaban J connectivity index is 2.19. The molecule has 0 aliphatic rings. The number of aromatic nitrogens is 4. The standard InChI is InChI=1S/C14H19N5O/c1-4-12(13-16-9-17-19(13)5-2)18-14(20)11-7-6-8-15-10(11)3/h6-9,12H,4-5H2,1-3H3,(H,18,20)/t12-/m1/s1. The van der Waals surface area contributed by atoms with Gasteiger partial charge >= 0.3 is 0 Å². The third kappa shape index (κ3) is 2.84. The van der Waals surface area contributed by atoms with Gasteiger partial charge in [0.25, 0.3) is 5.91 Å². The molecule has 0 unspecified atom stereocenters. The maximum Gasteiger partial charge on any atom is 0.253 e. The van der Waals surface area contributed by atoms with E-state index in [1.54, 1.807) is 23.0 Å². The molecule has 20 heavy (non-hydrogen) atoms. The molecule has 0 aliphatic heterocycles. The Hall–Kier alpha value is -2.24. The fourth-order valence-corrected chi connectivity index (χ4v) is 2.10. The largest absolute Gasteiger partial charge is 0.342 e. The lowest BCUT2D eigenvalue weighted by molar-refractivity contribution is 0.0931. The maximum absolute atomic E-state index is 12.3. The third-order valence-electron chi connectivity index (χ3n) is 3.22. The average Bonchev–Trinajstić information content (AvgIpc) is 2.93. The van der Waals surface area contributed by atoms with Crippen LogP contribution in [0.5, 0.6) is 0 Å². The number of amides is 1. The highest BCUT2D eigenvalue weighted by Crippen LogP contribution is 2.15. The highest BCUT2D eigenvalue weighted by atomic mass is 16.1. The first-order valence-corrected chi connectivity index (χ1v) is 6.77. The minimum atomic E-state index is -0.149. The number of hydrogen-bond acceptors (Lipinski definition) is 4. The quantitative estimate of drug-likeness (QED) is 0.902. The number of rotatable bonds is 5. The van der Waals surface area contributed by atoms with Crippen LogP contribution in [0.4, 0.5) is 0 Å². The van der Waals surface area contributed by atoms with Gasteiger partial charge in [-0.05, 0) is 32.4 Å². The highest BCUT2D eigenvalue weighted by Gasteiger charge is 2.19. The van der Waals surface area contributed by atoms with Crippen molar-refractivity contribution in [2.45, 2.75) is 39.8 Å². The molecule has 2 heterocycles. The van der Waals surface area contributed by atoms with E-state index in [-0.39, 0.29) is 11.9 Å². The summed E-state index contributed by atoms with van der Waals surface area (Å²) < 4.78 is 1.80. The Morgan fingerprint density at radius 1 is 1.40 bits per heavy atom. The molecule has 0 spiro atoms. The first kappa shape index (κ1) is 14.2. The second kappa shape index (κ2) is 6.27. The lowest BCUT2D eigenvalue weighted by Crippen LogP contribution is -2.31. The number of pyridine rings is 1. The van der Waals surface area contributed by atoms with Crippen molar-refractivity contribution in [3.63, 3.8) is 0 Å². The van der Waals surface area contributed by atoms with E-state index >= 15 is 0 Å². The second-order valence-corrected chi connectivity index (χ2v) is 4.50. The lowest BCUT2D eigenvalue weighted by atomic mass is 10.1. The molecule has 1 amide bonds. The summed E-state index contributed by atoms with van der Waals surface area (Å²) in [7, 11) is 0. The molecule has 0 fully saturated rings. The summed E-state index contributed by atoms with van der Waals surface area (Å²) in [6.45, 7) is 6.56. The second-order valence-electron chi connectivity index (χ2n) is 4.50. The molecule has 0 saturated carbocycles. The van der Waals surface area contributed by atoms with Gasteiger partial charge in [0.2, 0.25) is 0 Å². The van der Waals surface area contributed by atoms with Gasteiger partial charge in [0, 0.05) is 18.4 Å². The average molecular weight is 273 g/mol. The van der Waals surface area contributed by atoms with Crippen LogP contribution in [-0.2, 0) is 6.54 Å². The zero-order chi connectivity index (χ0) is 14.5. The minimum absolute atomic E-state index is 0.131. The summed E-state index contributed by atoms with van der Waals surface area (Å²) >= 11 is 0. The van der Waals surface area contributed by atoms with Crippen LogP contribution >= 0.6 is 0 Å². The molecule has 2 aromatic heterocycles. The molecule has 2 rings (SSSR count). The molecule has 0 aliphatic carbocycles. The molecular weight excluding hydrogens is 254 g/mol. The Morgan fingerprint density at radius 3 is 2.85 bits per heavy atom. The fraction of sp³-hybridized carbons (Fsp3) is 0.429. The van der Waals surface area contributed by atoms with Crippen molar-refractivity contribution >= 4 is 5.91 Å². The van der Waals surface area contributed by atoms with Gasteiger partial charge in [0.15, 0.2) is 0 Å². The molecule has 6 heteroatoms. The molecule has 0 bridgehead atoms. The van der Waals surface area contributed by atoms with Crippen LogP contribution in [0.15, 0.2) is 24.7 Å². The minimum Gasteiger partial charge on any atom is -0.342 e. The van der Waals surface area contributed by atoms with E-state index in [4.69, 9.17) is 0 Å². The van der Waals surface area contributed by atoms with E-state index < -0.39 is 0 Å². The van der Waals surface area contributed by atoms with Gasteiger partial charge in [-0.25, -0.2) is 9.67 Å². The molecule has 0 radical (unpaired) electrons. The molecule has 106 valence electrons. The summed E-state index contributed by atoms with van der Waals surface area (Å²) in [5, 5.41) is 7.14. The van der Waals surface area contributed by atoms with Gasteiger partial charge in [0.05, 0.1) is 11.6 Å². The maximum atomic E-state index is 12.3. The predicted octanol–water partition coefficient (Wildman–Crippen LogP) is 1.88. The monoisotopic (exact) mass is 273 g/mol. The number of hydrogen-bond donors (Lipinski definition) is 1. The van der Waals surface area contributed by atoms with Gasteiger partial charge in [0.1, 0.15) is 12.2 Å². The highest BCUT2D eigenvalue weighted by molar-refractivity contribution is 5.95. The molecule has 0 saturated heterocycles. The first-order chi connectivity index (χ1) is 9.67. The third-order valence-corrected chi connectivity index (χ3v) is 3.22. The molecule has 2 aromatic rings. The molecule has 6 nitrogen and oxygen atoms in total. The van der Waals surface area contributed by atoms with Crippen LogP contribution < -0.4 is 5.32 Å². The number of carbonyl (C=O) groups excluding carboxylic acids is 1. The summed E-state index contributed by atoms with van der Waals surface area (Å²) in [4.78, 5) is 20.7. The number of carbonyl (C=O) groups is 1. The Bertz CT molecular complexity index is 593. The van der Waals surface area contributed by atoms with Crippen molar-refractivity contribution in [1.82, 2.24) is 25.1 Å². The summed E-state index contributed by atoms with van der Waals surface area (Å²) in [5.74, 6) is 0.651. The Labute approximate surface area is 118 Å². The molecule has 0 aromatic carbocycles. The molecule has 1 atom stereocenters. The van der Waals surface area contributed by atoms with Crippen molar-refractivity contribution in [2.75, 3.05) is 0 Å². The summed E-state index contributed by atoms with van der Waals surface area (Å²) in [6, 6.07) is 3.39. The van der Waals surface area contributed by atoms with Crippen molar-refractivity contribution in [2.24, 2.45) is 0 Å². The zero-order valence-corrected chi connectivity index (χ0v) is 12.0. The van der Waals surface area contributed by atoms with Gasteiger partial charge in [-0.2, -0.15) is 5.10 Å². The van der Waals surface area contributed by atoms with Crippen molar-refractivity contribution in [1.29, 1.82) is 0 Å². The summed E-state index contributed by atoms with van der Waals surface area (Å²) in [6.07, 6.45) is 3.95. The predicted molar refractivity (Wildman–Crippen MR) is 75.2 cm³/mol. The van der Waals surface area contributed by atoms with Crippen LogP contribution in [-0.4, -0.2) is 25.7 Å². The van der Waals surface area contributed by atoms with Crippen LogP contribution in [0, 0.1) is 6.92 Å². The van der Waals surface area contributed by atoms with E-state index in [1.807, 2.05) is 20.8 Å². The first-order valence-electron chi connectivity index (χ1n) is 6.77. The SMILES string of the molecule is CC[C@@H](NC(=O)c1cccnc1C)c1ncnn1CC. The van der Waals surface area contributed by atoms with E-state index in [2.05, 4.69) is 20.4 Å². The van der Waals surface area contributed by atoms with Crippen LogP contribution in [0.3, 0.4) is 0 Å². The topological polar surface area (TPSA) is 72.7 Å². The number of nitrogens with one attached hydrogen (secondary N) is 1. The van der Waals surface area contributed by atoms with E-state index in [0.29, 0.717) is 5.56 Å². The zero-order valence-electron chi connectivity index (χ0n) is 12.0. The lowest BCUT2D eigenvalue weighted by Gasteiger charge is -2.17. The van der Waals surface area contributed by atoms with Crippen LogP contribution in [0.2, 0.25) is 0 Å². The van der Waals surface area contributed by atoms with Gasteiger partial charge in [-0.3, -0.25) is 9.78 Å². The smallest absolute Gasteiger partial charge is 0.253 e. The van der Waals surface area contributed by atoms with E-state index in [1.165, 1.54) is 6.33 Å².